The highest BCUT2D eigenvalue weighted by atomic mass is 32.2. The van der Waals surface area contributed by atoms with Gasteiger partial charge in [-0.3, -0.25) is 9.59 Å². The van der Waals surface area contributed by atoms with Crippen LogP contribution in [0.1, 0.15) is 24.8 Å². The molecule has 3 rings (SSSR count). The minimum Gasteiger partial charge on any atom is -0.484 e. The highest BCUT2D eigenvalue weighted by Gasteiger charge is 2.16. The summed E-state index contributed by atoms with van der Waals surface area (Å²) in [6, 6.07) is 17.0. The third-order valence-corrected chi connectivity index (χ3v) is 5.48. The maximum Gasteiger partial charge on any atom is 0.260 e. The number of hydrogen-bond acceptors (Lipinski definition) is 5. The molecule has 1 fully saturated rings. The minimum atomic E-state index is -0.161. The number of nitrogens with zero attached hydrogens (tertiary/aromatic N) is 2. The van der Waals surface area contributed by atoms with Crippen molar-refractivity contribution in [1.29, 1.82) is 0 Å². The first-order chi connectivity index (χ1) is 14.2. The molecule has 0 atom stereocenters. The third kappa shape index (κ3) is 7.27. The molecule has 1 aliphatic rings. The smallest absolute Gasteiger partial charge is 0.260 e. The average molecular weight is 412 g/mol. The maximum atomic E-state index is 12.1. The van der Waals surface area contributed by atoms with E-state index in [-0.39, 0.29) is 18.4 Å². The minimum absolute atomic E-state index is 0.0337. The van der Waals surface area contributed by atoms with Gasteiger partial charge in [-0.25, -0.2) is 5.43 Å². The number of carbonyl (C=O) groups is 2. The Bertz CT molecular complexity index is 819. The third-order valence-electron chi connectivity index (χ3n) is 4.47. The SMILES string of the molecule is O=C(CSc1ccccc1)N/N=C\c1ccc(OCC(=O)N2CCCCC2)cc1. The Labute approximate surface area is 175 Å². The van der Waals surface area contributed by atoms with E-state index in [1.165, 1.54) is 18.2 Å². The van der Waals surface area contributed by atoms with E-state index in [1.807, 2.05) is 47.4 Å². The monoisotopic (exact) mass is 411 g/mol. The number of hydrazone groups is 1. The van der Waals surface area contributed by atoms with E-state index in [0.717, 1.165) is 36.4 Å². The zero-order valence-corrected chi connectivity index (χ0v) is 17.1. The van der Waals surface area contributed by atoms with E-state index in [1.54, 1.807) is 18.3 Å². The lowest BCUT2D eigenvalue weighted by Gasteiger charge is -2.26. The Balaban J connectivity index is 1.38. The van der Waals surface area contributed by atoms with E-state index in [4.69, 9.17) is 4.74 Å². The molecular formula is C22H25N3O3S. The summed E-state index contributed by atoms with van der Waals surface area (Å²) in [5.41, 5.74) is 3.35. The quantitative estimate of drug-likeness (QED) is 0.411. The van der Waals surface area contributed by atoms with Gasteiger partial charge < -0.3 is 9.64 Å². The Hall–Kier alpha value is -2.80. The summed E-state index contributed by atoms with van der Waals surface area (Å²) in [6.45, 7) is 1.71. The van der Waals surface area contributed by atoms with Gasteiger partial charge in [0.05, 0.1) is 12.0 Å². The number of rotatable bonds is 8. The lowest BCUT2D eigenvalue weighted by Crippen LogP contribution is -2.38. The van der Waals surface area contributed by atoms with E-state index < -0.39 is 0 Å². The van der Waals surface area contributed by atoms with Gasteiger partial charge in [0.15, 0.2) is 6.61 Å². The van der Waals surface area contributed by atoms with Gasteiger partial charge in [-0.1, -0.05) is 18.2 Å². The van der Waals surface area contributed by atoms with Crippen molar-refractivity contribution >= 4 is 29.8 Å². The summed E-state index contributed by atoms with van der Waals surface area (Å²) in [5.74, 6) is 0.813. The van der Waals surface area contributed by atoms with Crippen molar-refractivity contribution in [3.05, 3.63) is 60.2 Å². The normalized spacial score (nSPS) is 14.0. The van der Waals surface area contributed by atoms with E-state index >= 15 is 0 Å². The Morgan fingerprint density at radius 3 is 2.48 bits per heavy atom. The van der Waals surface area contributed by atoms with Crippen LogP contribution in [0.25, 0.3) is 0 Å². The fourth-order valence-electron chi connectivity index (χ4n) is 2.91. The Morgan fingerprint density at radius 1 is 1.03 bits per heavy atom. The summed E-state index contributed by atoms with van der Waals surface area (Å²) in [6.07, 6.45) is 4.91. The van der Waals surface area contributed by atoms with Crippen molar-refractivity contribution < 1.29 is 14.3 Å². The molecular weight excluding hydrogens is 386 g/mol. The van der Waals surface area contributed by atoms with Crippen LogP contribution in [0.2, 0.25) is 0 Å². The second-order valence-electron chi connectivity index (χ2n) is 6.69. The van der Waals surface area contributed by atoms with Gasteiger partial charge in [-0.2, -0.15) is 5.10 Å². The van der Waals surface area contributed by atoms with Crippen LogP contribution in [0.5, 0.6) is 5.75 Å². The summed E-state index contributed by atoms with van der Waals surface area (Å²) >= 11 is 1.46. The van der Waals surface area contributed by atoms with Gasteiger partial charge in [0.1, 0.15) is 5.75 Å². The number of hydrogen-bond donors (Lipinski definition) is 1. The molecule has 0 bridgehead atoms. The first-order valence-corrected chi connectivity index (χ1v) is 10.7. The van der Waals surface area contributed by atoms with Crippen LogP contribution in [0.4, 0.5) is 0 Å². The van der Waals surface area contributed by atoms with Crippen molar-refractivity contribution in [2.45, 2.75) is 24.2 Å². The van der Waals surface area contributed by atoms with Gasteiger partial charge in [0.2, 0.25) is 5.91 Å². The highest BCUT2D eigenvalue weighted by molar-refractivity contribution is 8.00. The predicted molar refractivity (Wildman–Crippen MR) is 115 cm³/mol. The number of nitrogens with one attached hydrogen (secondary N) is 1. The second kappa shape index (κ2) is 11.3. The number of ether oxygens (including phenoxy) is 1. The van der Waals surface area contributed by atoms with Gasteiger partial charge in [0, 0.05) is 18.0 Å². The van der Waals surface area contributed by atoms with Gasteiger partial charge in [0.25, 0.3) is 5.91 Å². The molecule has 2 aromatic rings. The molecule has 2 aromatic carbocycles. The molecule has 0 radical (unpaired) electrons. The molecule has 1 saturated heterocycles. The first kappa shape index (κ1) is 20.9. The lowest BCUT2D eigenvalue weighted by atomic mass is 10.1. The number of thioether (sulfide) groups is 1. The van der Waals surface area contributed by atoms with Crippen LogP contribution < -0.4 is 10.2 Å². The van der Waals surface area contributed by atoms with Crippen molar-refractivity contribution in [2.75, 3.05) is 25.4 Å². The van der Waals surface area contributed by atoms with Gasteiger partial charge in [-0.15, -0.1) is 11.8 Å². The molecule has 0 unspecified atom stereocenters. The number of likely N-dealkylation sites (tertiary alicyclic amines) is 1. The molecule has 0 aliphatic carbocycles. The molecule has 1 aliphatic heterocycles. The van der Waals surface area contributed by atoms with Crippen molar-refractivity contribution in [2.24, 2.45) is 5.10 Å². The fourth-order valence-corrected chi connectivity index (χ4v) is 3.62. The van der Waals surface area contributed by atoms with Crippen LogP contribution in [-0.2, 0) is 9.59 Å². The summed E-state index contributed by atoms with van der Waals surface area (Å²) in [5, 5.41) is 3.98. The van der Waals surface area contributed by atoms with E-state index in [2.05, 4.69) is 10.5 Å². The zero-order valence-electron chi connectivity index (χ0n) is 16.3. The largest absolute Gasteiger partial charge is 0.484 e. The van der Waals surface area contributed by atoms with Crippen LogP contribution in [-0.4, -0.2) is 48.4 Å². The molecule has 1 N–H and O–H groups in total. The number of carbonyl (C=O) groups excluding carboxylic acids is 2. The van der Waals surface area contributed by atoms with Gasteiger partial charge in [-0.05, 0) is 61.2 Å². The van der Waals surface area contributed by atoms with Crippen molar-refractivity contribution in [3.63, 3.8) is 0 Å². The molecule has 6 nitrogen and oxygen atoms in total. The molecule has 2 amide bonds. The summed E-state index contributed by atoms with van der Waals surface area (Å²) in [4.78, 5) is 26.9. The Morgan fingerprint density at radius 2 is 1.76 bits per heavy atom. The number of amides is 2. The zero-order chi connectivity index (χ0) is 20.3. The number of benzene rings is 2. The summed E-state index contributed by atoms with van der Waals surface area (Å²) in [7, 11) is 0. The maximum absolute atomic E-state index is 12.1. The molecule has 29 heavy (non-hydrogen) atoms. The molecule has 1 heterocycles. The Kier molecular flexibility index (Phi) is 8.12. The average Bonchev–Trinajstić information content (AvgIpc) is 2.78. The van der Waals surface area contributed by atoms with Crippen LogP contribution in [0.15, 0.2) is 64.6 Å². The molecule has 7 heteroatoms. The number of piperidine rings is 1. The first-order valence-electron chi connectivity index (χ1n) is 9.71. The van der Waals surface area contributed by atoms with Crippen LogP contribution >= 0.6 is 11.8 Å². The predicted octanol–water partition coefficient (Wildman–Crippen LogP) is 3.32. The van der Waals surface area contributed by atoms with Gasteiger partial charge >= 0.3 is 0 Å². The highest BCUT2D eigenvalue weighted by Crippen LogP contribution is 2.16. The van der Waals surface area contributed by atoms with Crippen molar-refractivity contribution in [3.8, 4) is 5.75 Å². The summed E-state index contributed by atoms with van der Waals surface area (Å²) < 4.78 is 5.58. The van der Waals surface area contributed by atoms with E-state index in [0.29, 0.717) is 11.5 Å². The van der Waals surface area contributed by atoms with E-state index in [9.17, 15) is 9.59 Å². The van der Waals surface area contributed by atoms with Crippen molar-refractivity contribution in [1.82, 2.24) is 10.3 Å². The molecule has 0 saturated carbocycles. The topological polar surface area (TPSA) is 71.0 Å². The lowest BCUT2D eigenvalue weighted by molar-refractivity contribution is -0.134. The molecule has 152 valence electrons. The fraction of sp³-hybridized carbons (Fsp3) is 0.318. The van der Waals surface area contributed by atoms with Crippen LogP contribution in [0, 0.1) is 0 Å². The standard InChI is InChI=1S/C22H25N3O3S/c26-21(17-29-20-7-3-1-4-8-20)24-23-15-18-9-11-19(12-10-18)28-16-22(27)25-13-5-2-6-14-25/h1,3-4,7-12,15H,2,5-6,13-14,16-17H2,(H,24,26)/b23-15-. The molecule has 0 spiro atoms. The van der Waals surface area contributed by atoms with Crippen LogP contribution in [0.3, 0.4) is 0 Å². The molecule has 0 aromatic heterocycles. The second-order valence-corrected chi connectivity index (χ2v) is 7.74.